The number of rotatable bonds is 1. The van der Waals surface area contributed by atoms with E-state index in [9.17, 15) is 9.59 Å². The molecule has 4 rings (SSSR count). The van der Waals surface area contributed by atoms with Crippen LogP contribution >= 0.6 is 11.6 Å². The fourth-order valence-electron chi connectivity index (χ4n) is 3.65. The number of aromatic nitrogens is 4. The Bertz CT molecular complexity index is 1110. The summed E-state index contributed by atoms with van der Waals surface area (Å²) in [6.07, 6.45) is 2.81. The van der Waals surface area contributed by atoms with Crippen molar-refractivity contribution in [3.05, 3.63) is 34.0 Å². The Morgan fingerprint density at radius 3 is 2.89 bits per heavy atom. The summed E-state index contributed by atoms with van der Waals surface area (Å²) < 4.78 is 7.18. The number of hydrogen-bond acceptors (Lipinski definition) is 5. The summed E-state index contributed by atoms with van der Waals surface area (Å²) >= 11 is 6.08. The van der Waals surface area contributed by atoms with Gasteiger partial charge in [0.15, 0.2) is 0 Å². The van der Waals surface area contributed by atoms with E-state index in [1.165, 1.54) is 0 Å². The summed E-state index contributed by atoms with van der Waals surface area (Å²) in [6, 6.07) is 3.26. The number of ether oxygens (including phenoxy) is 1. The van der Waals surface area contributed by atoms with Gasteiger partial charge in [0.1, 0.15) is 16.3 Å². The lowest BCUT2D eigenvalue weighted by molar-refractivity contribution is 0.0173. The molecule has 1 saturated heterocycles. The molecule has 1 N–H and O–H groups in total. The molecule has 1 amide bonds. The van der Waals surface area contributed by atoms with Gasteiger partial charge in [0.2, 0.25) is 0 Å². The molecule has 8 nitrogen and oxygen atoms in total. The smallest absolute Gasteiger partial charge is 0.410 e. The highest BCUT2D eigenvalue weighted by Crippen LogP contribution is 2.28. The van der Waals surface area contributed by atoms with Crippen molar-refractivity contribution in [1.29, 1.82) is 0 Å². The number of halogens is 1. The van der Waals surface area contributed by atoms with Crippen LogP contribution in [-0.4, -0.2) is 49.2 Å². The van der Waals surface area contributed by atoms with E-state index in [0.717, 1.165) is 12.8 Å². The molecule has 1 atom stereocenters. The third-order valence-corrected chi connectivity index (χ3v) is 4.98. The van der Waals surface area contributed by atoms with Crippen LogP contribution in [0.3, 0.4) is 0 Å². The van der Waals surface area contributed by atoms with E-state index in [1.54, 1.807) is 27.8 Å². The molecule has 0 bridgehead atoms. The number of piperidine rings is 1. The molecular formula is C19H22ClN5O3. The first-order chi connectivity index (χ1) is 13.2. The van der Waals surface area contributed by atoms with E-state index >= 15 is 0 Å². The maximum atomic E-state index is 12.8. The van der Waals surface area contributed by atoms with Crippen LogP contribution in [0.1, 0.15) is 39.7 Å². The maximum Gasteiger partial charge on any atom is 0.410 e. The summed E-state index contributed by atoms with van der Waals surface area (Å²) in [5, 5.41) is 0.334. The van der Waals surface area contributed by atoms with Gasteiger partial charge in [-0.1, -0.05) is 11.6 Å². The van der Waals surface area contributed by atoms with Gasteiger partial charge in [-0.15, -0.1) is 0 Å². The number of amides is 1. The zero-order valence-corrected chi connectivity index (χ0v) is 16.8. The molecule has 1 aliphatic rings. The quantitative estimate of drug-likeness (QED) is 0.627. The van der Waals surface area contributed by atoms with Gasteiger partial charge in [0.25, 0.3) is 0 Å². The van der Waals surface area contributed by atoms with Crippen LogP contribution in [-0.2, 0) is 4.74 Å². The Hall–Kier alpha value is -2.61. The Morgan fingerprint density at radius 1 is 1.36 bits per heavy atom. The predicted molar refractivity (Wildman–Crippen MR) is 107 cm³/mol. The van der Waals surface area contributed by atoms with Crippen molar-refractivity contribution in [2.75, 3.05) is 13.1 Å². The molecule has 1 fully saturated rings. The van der Waals surface area contributed by atoms with Crippen LogP contribution in [0.4, 0.5) is 4.79 Å². The Balaban J connectivity index is 1.76. The molecule has 0 aliphatic carbocycles. The average molecular weight is 404 g/mol. The Morgan fingerprint density at radius 2 is 2.14 bits per heavy atom. The number of imidazole rings is 1. The van der Waals surface area contributed by atoms with Crippen LogP contribution in [0.2, 0.25) is 5.15 Å². The number of nitrogens with one attached hydrogen (secondary N) is 1. The molecule has 3 aromatic rings. The highest BCUT2D eigenvalue weighted by Gasteiger charge is 2.30. The first kappa shape index (κ1) is 18.7. The van der Waals surface area contributed by atoms with Crippen molar-refractivity contribution in [2.45, 2.75) is 45.3 Å². The third-order valence-electron chi connectivity index (χ3n) is 4.77. The first-order valence-electron chi connectivity index (χ1n) is 9.26. The van der Waals surface area contributed by atoms with E-state index in [1.807, 2.05) is 20.8 Å². The topological polar surface area (TPSA) is 93.1 Å². The van der Waals surface area contributed by atoms with Gasteiger partial charge in [-0.3, -0.25) is 9.55 Å². The molecule has 148 valence electrons. The van der Waals surface area contributed by atoms with Gasteiger partial charge in [-0.05, 0) is 45.7 Å². The predicted octanol–water partition coefficient (Wildman–Crippen LogP) is 3.50. The monoisotopic (exact) mass is 403 g/mol. The van der Waals surface area contributed by atoms with Gasteiger partial charge in [-0.2, -0.15) is 0 Å². The minimum Gasteiger partial charge on any atom is -0.444 e. The highest BCUT2D eigenvalue weighted by atomic mass is 35.5. The fraction of sp³-hybridized carbons (Fsp3) is 0.474. The van der Waals surface area contributed by atoms with E-state index in [-0.39, 0.29) is 17.8 Å². The normalized spacial score (nSPS) is 18.0. The fourth-order valence-corrected chi connectivity index (χ4v) is 3.80. The summed E-state index contributed by atoms with van der Waals surface area (Å²) in [6.45, 7) is 6.52. The van der Waals surface area contributed by atoms with Crippen LogP contribution in [0.15, 0.2) is 23.1 Å². The standard InChI is InChI=1S/C19H22ClN5O3/c1-19(2,3)28-18(27)24-8-4-5-11(10-24)25-16-13(22-17(25)26)9-21-12-6-7-14(20)23-15(12)16/h6-7,9,11H,4-5,8,10H2,1-3H3,(H,22,26). The van der Waals surface area contributed by atoms with Crippen molar-refractivity contribution in [1.82, 2.24) is 24.4 Å². The van der Waals surface area contributed by atoms with Gasteiger partial charge in [0.05, 0.1) is 28.8 Å². The van der Waals surface area contributed by atoms with Crippen LogP contribution in [0.5, 0.6) is 0 Å². The van der Waals surface area contributed by atoms with E-state index < -0.39 is 5.60 Å². The number of hydrogen-bond donors (Lipinski definition) is 1. The van der Waals surface area contributed by atoms with Gasteiger partial charge in [-0.25, -0.2) is 14.6 Å². The lowest BCUT2D eigenvalue weighted by atomic mass is 10.1. The number of likely N-dealkylation sites (tertiary alicyclic amines) is 1. The number of carbonyl (C=O) groups excluding carboxylic acids is 1. The van der Waals surface area contributed by atoms with Crippen LogP contribution in [0.25, 0.3) is 22.1 Å². The number of aromatic amines is 1. The molecule has 3 aromatic heterocycles. The lowest BCUT2D eigenvalue weighted by Gasteiger charge is -2.34. The second kappa shape index (κ2) is 6.77. The molecule has 0 saturated carbocycles. The van der Waals surface area contributed by atoms with Crippen molar-refractivity contribution < 1.29 is 9.53 Å². The molecule has 0 spiro atoms. The number of fused-ring (bicyclic) bond motifs is 3. The van der Waals surface area contributed by atoms with Gasteiger partial charge >= 0.3 is 11.8 Å². The van der Waals surface area contributed by atoms with Crippen molar-refractivity contribution in [3.63, 3.8) is 0 Å². The molecule has 1 unspecified atom stereocenters. The van der Waals surface area contributed by atoms with Crippen LogP contribution < -0.4 is 5.69 Å². The summed E-state index contributed by atoms with van der Waals surface area (Å²) in [5.74, 6) is 0. The lowest BCUT2D eigenvalue weighted by Crippen LogP contribution is -2.44. The second-order valence-electron chi connectivity index (χ2n) is 8.04. The molecule has 0 radical (unpaired) electrons. The maximum absolute atomic E-state index is 12.8. The Labute approximate surface area is 166 Å². The number of carbonyl (C=O) groups is 1. The first-order valence-corrected chi connectivity index (χ1v) is 9.64. The zero-order chi connectivity index (χ0) is 20.1. The van der Waals surface area contributed by atoms with E-state index in [0.29, 0.717) is 40.3 Å². The Kier molecular flexibility index (Phi) is 4.53. The summed E-state index contributed by atoms with van der Waals surface area (Å²) in [7, 11) is 0. The zero-order valence-electron chi connectivity index (χ0n) is 16.0. The molecule has 9 heteroatoms. The molecule has 28 heavy (non-hydrogen) atoms. The summed E-state index contributed by atoms with van der Waals surface area (Å²) in [4.78, 5) is 38.5. The molecule has 1 aliphatic heterocycles. The van der Waals surface area contributed by atoms with Crippen LogP contribution in [0, 0.1) is 0 Å². The number of nitrogens with zero attached hydrogens (tertiary/aromatic N) is 4. The van der Waals surface area contributed by atoms with Crippen molar-refractivity contribution >= 4 is 39.8 Å². The molecule has 0 aromatic carbocycles. The van der Waals surface area contributed by atoms with Crippen molar-refractivity contribution in [3.8, 4) is 0 Å². The number of pyridine rings is 2. The average Bonchev–Trinajstić information content (AvgIpc) is 2.96. The number of H-pyrrole nitrogens is 1. The molecular weight excluding hydrogens is 382 g/mol. The minimum atomic E-state index is -0.565. The van der Waals surface area contributed by atoms with Crippen molar-refractivity contribution in [2.24, 2.45) is 0 Å². The largest absolute Gasteiger partial charge is 0.444 e. The summed E-state index contributed by atoms with van der Waals surface area (Å²) in [5.41, 5.74) is 1.67. The van der Waals surface area contributed by atoms with Gasteiger partial charge < -0.3 is 14.6 Å². The van der Waals surface area contributed by atoms with E-state index in [4.69, 9.17) is 16.3 Å². The molecule has 4 heterocycles. The van der Waals surface area contributed by atoms with E-state index in [2.05, 4.69) is 15.0 Å². The third kappa shape index (κ3) is 3.44. The minimum absolute atomic E-state index is 0.186. The highest BCUT2D eigenvalue weighted by molar-refractivity contribution is 6.30. The van der Waals surface area contributed by atoms with Gasteiger partial charge in [0, 0.05) is 13.1 Å². The second-order valence-corrected chi connectivity index (χ2v) is 8.43. The SMILES string of the molecule is CC(C)(C)OC(=O)N1CCCC(n2c(=O)[nH]c3cnc4ccc(Cl)nc4c32)C1.